The lowest BCUT2D eigenvalue weighted by Crippen LogP contribution is -2.47. The van der Waals surface area contributed by atoms with E-state index < -0.39 is 22.2 Å². The molecular weight excluding hydrogens is 382 g/mol. The molecule has 0 saturated heterocycles. The third kappa shape index (κ3) is 4.09. The molecule has 0 bridgehead atoms. The lowest BCUT2D eigenvalue weighted by atomic mass is 9.83. The third-order valence-electron chi connectivity index (χ3n) is 5.30. The maximum Gasteiger partial charge on any atom is 0.214 e. The summed E-state index contributed by atoms with van der Waals surface area (Å²) >= 11 is 0. The molecule has 2 heterocycles. The SMILES string of the molecule is COCc1nc([C@H]2CC[C@@H](O)[C@H](NS(=O)(=O)C3CC3)C2)n(-c2cccnc2)n1. The van der Waals surface area contributed by atoms with Crippen LogP contribution in [0.1, 0.15) is 49.7 Å². The molecule has 0 amide bonds. The highest BCUT2D eigenvalue weighted by Gasteiger charge is 2.41. The van der Waals surface area contributed by atoms with Gasteiger partial charge in [0, 0.05) is 25.3 Å². The number of aliphatic hydroxyl groups is 1. The van der Waals surface area contributed by atoms with E-state index in [2.05, 4.69) is 19.8 Å². The number of pyridine rings is 1. The molecule has 9 nitrogen and oxygen atoms in total. The molecule has 0 spiro atoms. The van der Waals surface area contributed by atoms with E-state index in [0.717, 1.165) is 11.5 Å². The van der Waals surface area contributed by atoms with E-state index in [4.69, 9.17) is 4.74 Å². The summed E-state index contributed by atoms with van der Waals surface area (Å²) in [5.41, 5.74) is 0.786. The van der Waals surface area contributed by atoms with Crippen LogP contribution in [0.2, 0.25) is 0 Å². The minimum atomic E-state index is -3.37. The van der Waals surface area contributed by atoms with Crippen molar-refractivity contribution in [2.45, 2.75) is 62.0 Å². The Morgan fingerprint density at radius 2 is 2.14 bits per heavy atom. The highest BCUT2D eigenvalue weighted by Crippen LogP contribution is 2.35. The van der Waals surface area contributed by atoms with Crippen LogP contribution < -0.4 is 4.72 Å². The first-order valence-electron chi connectivity index (χ1n) is 9.52. The maximum absolute atomic E-state index is 12.3. The molecule has 4 rings (SSSR count). The number of nitrogens with one attached hydrogen (secondary N) is 1. The summed E-state index contributed by atoms with van der Waals surface area (Å²) in [6, 6.07) is 3.20. The second-order valence-electron chi connectivity index (χ2n) is 7.49. The predicted octanol–water partition coefficient (Wildman–Crippen LogP) is 0.887. The fraction of sp³-hybridized carbons (Fsp3) is 0.611. The number of methoxy groups -OCH3 is 1. The van der Waals surface area contributed by atoms with Crippen molar-refractivity contribution in [3.05, 3.63) is 36.2 Å². The molecule has 2 aliphatic rings. The Balaban J connectivity index is 1.60. The lowest BCUT2D eigenvalue weighted by Gasteiger charge is -2.33. The van der Waals surface area contributed by atoms with E-state index in [9.17, 15) is 13.5 Å². The Morgan fingerprint density at radius 1 is 1.32 bits per heavy atom. The molecule has 2 aliphatic carbocycles. The molecule has 3 atom stereocenters. The number of aromatic nitrogens is 4. The fourth-order valence-corrected chi connectivity index (χ4v) is 5.32. The maximum atomic E-state index is 12.3. The molecule has 0 aromatic carbocycles. The van der Waals surface area contributed by atoms with Crippen LogP contribution in [-0.2, 0) is 21.4 Å². The molecule has 10 heteroatoms. The van der Waals surface area contributed by atoms with Gasteiger partial charge >= 0.3 is 0 Å². The van der Waals surface area contributed by atoms with Gasteiger partial charge in [0.2, 0.25) is 10.0 Å². The molecule has 0 radical (unpaired) electrons. The lowest BCUT2D eigenvalue weighted by molar-refractivity contribution is 0.0917. The van der Waals surface area contributed by atoms with Crippen molar-refractivity contribution in [3.8, 4) is 5.69 Å². The van der Waals surface area contributed by atoms with Gasteiger partial charge in [0.25, 0.3) is 0 Å². The quantitative estimate of drug-likeness (QED) is 0.699. The zero-order valence-corrected chi connectivity index (χ0v) is 16.5. The number of rotatable bonds is 7. The molecule has 2 aromatic rings. The normalized spacial score (nSPS) is 25.7. The molecule has 2 aromatic heterocycles. The van der Waals surface area contributed by atoms with Gasteiger partial charge < -0.3 is 9.84 Å². The van der Waals surface area contributed by atoms with Gasteiger partial charge in [-0.2, -0.15) is 0 Å². The van der Waals surface area contributed by atoms with E-state index in [1.165, 1.54) is 0 Å². The minimum Gasteiger partial charge on any atom is -0.391 e. The zero-order chi connectivity index (χ0) is 19.7. The Morgan fingerprint density at radius 3 is 2.82 bits per heavy atom. The monoisotopic (exact) mass is 407 g/mol. The van der Waals surface area contributed by atoms with Crippen LogP contribution in [0.5, 0.6) is 0 Å². The summed E-state index contributed by atoms with van der Waals surface area (Å²) in [5.74, 6) is 1.26. The van der Waals surface area contributed by atoms with E-state index >= 15 is 0 Å². The Hall–Kier alpha value is -1.88. The summed E-state index contributed by atoms with van der Waals surface area (Å²) < 4.78 is 34.3. The average Bonchev–Trinajstić information content (AvgIpc) is 3.46. The van der Waals surface area contributed by atoms with Crippen molar-refractivity contribution in [1.82, 2.24) is 24.5 Å². The van der Waals surface area contributed by atoms with Crippen LogP contribution in [0, 0.1) is 0 Å². The second kappa shape index (κ2) is 7.86. The summed E-state index contributed by atoms with van der Waals surface area (Å²) in [7, 11) is -1.79. The van der Waals surface area contributed by atoms with Crippen molar-refractivity contribution in [3.63, 3.8) is 0 Å². The number of ether oxygens (including phenoxy) is 1. The molecule has 2 N–H and O–H groups in total. The molecule has 2 saturated carbocycles. The predicted molar refractivity (Wildman–Crippen MR) is 101 cm³/mol. The molecule has 152 valence electrons. The van der Waals surface area contributed by atoms with Crippen molar-refractivity contribution >= 4 is 10.0 Å². The molecule has 28 heavy (non-hydrogen) atoms. The first-order valence-corrected chi connectivity index (χ1v) is 11.1. The number of hydrogen-bond donors (Lipinski definition) is 2. The van der Waals surface area contributed by atoms with Crippen molar-refractivity contribution in [2.75, 3.05) is 7.11 Å². The molecule has 2 fully saturated rings. The minimum absolute atomic E-state index is 0.0337. The summed E-state index contributed by atoms with van der Waals surface area (Å²) in [6.45, 7) is 0.285. The Labute approximate surface area is 164 Å². The molecule has 0 aliphatic heterocycles. The second-order valence-corrected chi connectivity index (χ2v) is 9.48. The fourth-order valence-electron chi connectivity index (χ4n) is 3.69. The number of hydrogen-bond acceptors (Lipinski definition) is 7. The van der Waals surface area contributed by atoms with Gasteiger partial charge in [0.1, 0.15) is 12.4 Å². The van der Waals surface area contributed by atoms with Crippen molar-refractivity contribution in [2.24, 2.45) is 0 Å². The zero-order valence-electron chi connectivity index (χ0n) is 15.7. The molecule has 0 unspecified atom stereocenters. The van der Waals surface area contributed by atoms with E-state index in [-0.39, 0.29) is 17.8 Å². The van der Waals surface area contributed by atoms with Crippen molar-refractivity contribution < 1.29 is 18.3 Å². The van der Waals surface area contributed by atoms with Gasteiger partial charge in [-0.15, -0.1) is 5.10 Å². The van der Waals surface area contributed by atoms with Gasteiger partial charge in [0.05, 0.1) is 23.2 Å². The standard InChI is InChI=1S/C18H25N5O4S/c1-27-11-17-20-18(23(21-17)13-3-2-8-19-10-13)12-4-7-16(24)15(9-12)22-28(25,26)14-5-6-14/h2-3,8,10,12,14-16,22,24H,4-7,9,11H2,1H3/t12-,15+,16+/m0/s1. The van der Waals surface area contributed by atoms with Crippen LogP contribution in [0.25, 0.3) is 5.69 Å². The Bertz CT molecular complexity index is 913. The van der Waals surface area contributed by atoms with Crippen molar-refractivity contribution in [1.29, 1.82) is 0 Å². The highest BCUT2D eigenvalue weighted by molar-refractivity contribution is 7.90. The third-order valence-corrected chi connectivity index (χ3v) is 7.28. The first-order chi connectivity index (χ1) is 13.5. The van der Waals surface area contributed by atoms with Gasteiger partial charge in [-0.05, 0) is 44.2 Å². The van der Waals surface area contributed by atoms with Crippen LogP contribution in [-0.4, -0.2) is 57.8 Å². The van der Waals surface area contributed by atoms with E-state index in [1.54, 1.807) is 24.2 Å². The summed E-state index contributed by atoms with van der Waals surface area (Å²) in [4.78, 5) is 8.80. The van der Waals surface area contributed by atoms with E-state index in [0.29, 0.717) is 37.9 Å². The topological polar surface area (TPSA) is 119 Å². The first kappa shape index (κ1) is 19.4. The van der Waals surface area contributed by atoms with Gasteiger partial charge in [-0.1, -0.05) is 0 Å². The van der Waals surface area contributed by atoms with Crippen LogP contribution in [0.15, 0.2) is 24.5 Å². The van der Waals surface area contributed by atoms with Crippen LogP contribution in [0.4, 0.5) is 0 Å². The van der Waals surface area contributed by atoms with Crippen LogP contribution >= 0.6 is 0 Å². The Kier molecular flexibility index (Phi) is 5.46. The van der Waals surface area contributed by atoms with Gasteiger partial charge in [-0.25, -0.2) is 22.8 Å². The molecular formula is C18H25N5O4S. The number of sulfonamides is 1. The largest absolute Gasteiger partial charge is 0.391 e. The smallest absolute Gasteiger partial charge is 0.214 e. The van der Waals surface area contributed by atoms with Gasteiger partial charge in [0.15, 0.2) is 5.82 Å². The average molecular weight is 407 g/mol. The number of nitrogens with zero attached hydrogens (tertiary/aromatic N) is 4. The number of aliphatic hydroxyl groups excluding tert-OH is 1. The van der Waals surface area contributed by atoms with Crippen LogP contribution in [0.3, 0.4) is 0 Å². The van der Waals surface area contributed by atoms with E-state index in [1.807, 2.05) is 12.1 Å². The highest BCUT2D eigenvalue weighted by atomic mass is 32.2. The summed E-state index contributed by atoms with van der Waals surface area (Å²) in [5, 5.41) is 14.6. The van der Waals surface area contributed by atoms with Gasteiger partial charge in [-0.3, -0.25) is 4.98 Å². The summed E-state index contributed by atoms with van der Waals surface area (Å²) in [6.07, 6.45) is 5.76.